The van der Waals surface area contributed by atoms with E-state index in [1.807, 2.05) is 13.8 Å². The van der Waals surface area contributed by atoms with Crippen molar-refractivity contribution in [1.29, 1.82) is 0 Å². The number of hydrogen-bond acceptors (Lipinski definition) is 4. The van der Waals surface area contributed by atoms with Crippen LogP contribution in [0.3, 0.4) is 0 Å². The molecule has 0 spiro atoms. The number of anilines is 1. The van der Waals surface area contributed by atoms with Crippen molar-refractivity contribution in [2.75, 3.05) is 23.9 Å². The molecule has 0 aromatic heterocycles. The fourth-order valence-electron chi connectivity index (χ4n) is 1.66. The van der Waals surface area contributed by atoms with E-state index in [1.165, 1.54) is 25.3 Å². The van der Waals surface area contributed by atoms with Crippen LogP contribution in [0.15, 0.2) is 18.2 Å². The Morgan fingerprint density at radius 3 is 2.71 bits per heavy atom. The van der Waals surface area contributed by atoms with Crippen LogP contribution >= 0.6 is 11.8 Å². The number of carbonyl (C=O) groups is 2. The number of benzene rings is 1. The molecule has 2 amide bonds. The van der Waals surface area contributed by atoms with E-state index in [0.717, 1.165) is 11.5 Å². The summed E-state index contributed by atoms with van der Waals surface area (Å²) in [5.74, 6) is 1.15. The van der Waals surface area contributed by atoms with Gasteiger partial charge in [-0.05, 0) is 24.8 Å². The molecule has 1 aromatic rings. The second-order valence-electron chi connectivity index (χ2n) is 4.38. The topological polar surface area (TPSA) is 87.7 Å². The van der Waals surface area contributed by atoms with Gasteiger partial charge in [0.1, 0.15) is 5.75 Å². The summed E-state index contributed by atoms with van der Waals surface area (Å²) < 4.78 is 5.04. The van der Waals surface area contributed by atoms with E-state index in [4.69, 9.17) is 9.84 Å². The van der Waals surface area contributed by atoms with Crippen LogP contribution in [0.25, 0.3) is 0 Å². The van der Waals surface area contributed by atoms with Gasteiger partial charge in [-0.25, -0.2) is 9.59 Å². The molecule has 6 nitrogen and oxygen atoms in total. The number of methoxy groups -OCH3 is 1. The zero-order valence-corrected chi connectivity index (χ0v) is 13.1. The van der Waals surface area contributed by atoms with Crippen molar-refractivity contribution in [1.82, 2.24) is 5.32 Å². The van der Waals surface area contributed by atoms with Crippen LogP contribution in [0.5, 0.6) is 5.75 Å². The van der Waals surface area contributed by atoms with Gasteiger partial charge in [-0.15, -0.1) is 0 Å². The first-order valence-corrected chi connectivity index (χ1v) is 7.70. The van der Waals surface area contributed by atoms with Crippen molar-refractivity contribution in [2.24, 2.45) is 0 Å². The second-order valence-corrected chi connectivity index (χ2v) is 5.69. The van der Waals surface area contributed by atoms with Crippen molar-refractivity contribution in [3.8, 4) is 5.75 Å². The van der Waals surface area contributed by atoms with Crippen molar-refractivity contribution < 1.29 is 19.4 Å². The van der Waals surface area contributed by atoms with Gasteiger partial charge in [0.2, 0.25) is 0 Å². The van der Waals surface area contributed by atoms with Crippen LogP contribution in [0.2, 0.25) is 0 Å². The number of hydrogen-bond donors (Lipinski definition) is 3. The van der Waals surface area contributed by atoms with E-state index in [-0.39, 0.29) is 17.3 Å². The van der Waals surface area contributed by atoms with Gasteiger partial charge in [-0.2, -0.15) is 11.8 Å². The van der Waals surface area contributed by atoms with E-state index < -0.39 is 12.0 Å². The average Bonchev–Trinajstić information content (AvgIpc) is 2.44. The Balaban J connectivity index is 2.76. The molecule has 0 saturated carbocycles. The molecule has 0 aliphatic carbocycles. The number of amides is 2. The largest absolute Gasteiger partial charge is 0.497 e. The third kappa shape index (κ3) is 5.55. The molecule has 0 heterocycles. The van der Waals surface area contributed by atoms with Crippen LogP contribution in [-0.4, -0.2) is 41.8 Å². The van der Waals surface area contributed by atoms with Crippen molar-refractivity contribution >= 4 is 29.4 Å². The monoisotopic (exact) mass is 312 g/mol. The molecule has 0 saturated heterocycles. The van der Waals surface area contributed by atoms with Gasteiger partial charge < -0.3 is 20.5 Å². The smallest absolute Gasteiger partial charge is 0.337 e. The minimum absolute atomic E-state index is 0.00571. The number of carboxylic acids is 1. The molecule has 1 rings (SSSR count). The standard InChI is InChI=1S/C14H20N2O4S/c1-4-21-8-9(2)15-14(19)16-12-7-10(20-3)5-6-11(12)13(17)18/h5-7,9H,4,8H2,1-3H3,(H,17,18)(H2,15,16,19). The molecule has 7 heteroatoms. The molecule has 0 aliphatic heterocycles. The molecular formula is C14H20N2O4S. The van der Waals surface area contributed by atoms with Gasteiger partial charge in [-0.3, -0.25) is 0 Å². The Kier molecular flexibility index (Phi) is 6.87. The summed E-state index contributed by atoms with van der Waals surface area (Å²) in [6.07, 6.45) is 0. The Morgan fingerprint density at radius 1 is 1.43 bits per heavy atom. The summed E-state index contributed by atoms with van der Waals surface area (Å²) in [5.41, 5.74) is 0.219. The van der Waals surface area contributed by atoms with Crippen molar-refractivity contribution in [3.05, 3.63) is 23.8 Å². The van der Waals surface area contributed by atoms with E-state index in [0.29, 0.717) is 5.75 Å². The molecule has 1 unspecified atom stereocenters. The lowest BCUT2D eigenvalue weighted by Gasteiger charge is -2.15. The van der Waals surface area contributed by atoms with Crippen LogP contribution < -0.4 is 15.4 Å². The summed E-state index contributed by atoms with van der Waals surface area (Å²) in [5, 5.41) is 14.4. The fourth-order valence-corrected chi connectivity index (χ4v) is 2.33. The van der Waals surface area contributed by atoms with Crippen molar-refractivity contribution in [2.45, 2.75) is 19.9 Å². The molecule has 116 valence electrons. The van der Waals surface area contributed by atoms with Gasteiger partial charge in [0.05, 0.1) is 18.4 Å². The van der Waals surface area contributed by atoms with Gasteiger partial charge in [-0.1, -0.05) is 6.92 Å². The van der Waals surface area contributed by atoms with Gasteiger partial charge in [0.15, 0.2) is 0 Å². The number of thioether (sulfide) groups is 1. The molecule has 1 aromatic carbocycles. The van der Waals surface area contributed by atoms with Gasteiger partial charge >= 0.3 is 12.0 Å². The van der Waals surface area contributed by atoms with Crippen LogP contribution in [0, 0.1) is 0 Å². The fraction of sp³-hybridized carbons (Fsp3) is 0.429. The van der Waals surface area contributed by atoms with Crippen molar-refractivity contribution in [3.63, 3.8) is 0 Å². The molecule has 0 radical (unpaired) electrons. The number of nitrogens with one attached hydrogen (secondary N) is 2. The molecular weight excluding hydrogens is 292 g/mol. The molecule has 3 N–H and O–H groups in total. The van der Waals surface area contributed by atoms with E-state index in [9.17, 15) is 9.59 Å². The molecule has 0 fully saturated rings. The Labute approximate surface area is 128 Å². The molecule has 0 bridgehead atoms. The predicted molar refractivity (Wildman–Crippen MR) is 84.6 cm³/mol. The first-order valence-electron chi connectivity index (χ1n) is 6.54. The van der Waals surface area contributed by atoms with E-state index in [1.54, 1.807) is 11.8 Å². The quantitative estimate of drug-likeness (QED) is 0.720. The van der Waals surface area contributed by atoms with Gasteiger partial charge in [0.25, 0.3) is 0 Å². The molecule has 1 atom stereocenters. The summed E-state index contributed by atoms with van der Waals surface area (Å²) in [6.45, 7) is 3.94. The SMILES string of the molecule is CCSCC(C)NC(=O)Nc1cc(OC)ccc1C(=O)O. The zero-order chi connectivity index (χ0) is 15.8. The first kappa shape index (κ1) is 17.2. The highest BCUT2D eigenvalue weighted by Gasteiger charge is 2.14. The highest BCUT2D eigenvalue weighted by molar-refractivity contribution is 7.99. The number of carboxylic acid groups (broad SMARTS) is 1. The van der Waals surface area contributed by atoms with E-state index >= 15 is 0 Å². The number of aromatic carboxylic acids is 1. The summed E-state index contributed by atoms with van der Waals surface area (Å²) in [7, 11) is 1.48. The lowest BCUT2D eigenvalue weighted by Crippen LogP contribution is -2.37. The zero-order valence-electron chi connectivity index (χ0n) is 12.3. The number of urea groups is 1. The lowest BCUT2D eigenvalue weighted by atomic mass is 10.1. The number of ether oxygens (including phenoxy) is 1. The first-order chi connectivity index (χ1) is 9.97. The third-order valence-electron chi connectivity index (χ3n) is 2.65. The van der Waals surface area contributed by atoms with Crippen LogP contribution in [0.4, 0.5) is 10.5 Å². The molecule has 0 aliphatic rings. The normalized spacial score (nSPS) is 11.6. The minimum atomic E-state index is -1.11. The van der Waals surface area contributed by atoms with Crippen LogP contribution in [-0.2, 0) is 0 Å². The number of carbonyl (C=O) groups excluding carboxylic acids is 1. The predicted octanol–water partition coefficient (Wildman–Crippen LogP) is 2.66. The minimum Gasteiger partial charge on any atom is -0.497 e. The summed E-state index contributed by atoms with van der Waals surface area (Å²) in [4.78, 5) is 23.0. The Morgan fingerprint density at radius 2 is 2.14 bits per heavy atom. The lowest BCUT2D eigenvalue weighted by molar-refractivity contribution is 0.0698. The Hall–Kier alpha value is -1.89. The second kappa shape index (κ2) is 8.41. The van der Waals surface area contributed by atoms with E-state index in [2.05, 4.69) is 10.6 Å². The number of rotatable bonds is 7. The average molecular weight is 312 g/mol. The highest BCUT2D eigenvalue weighted by Crippen LogP contribution is 2.22. The summed E-state index contributed by atoms with van der Waals surface area (Å²) >= 11 is 1.72. The highest BCUT2D eigenvalue weighted by atomic mass is 32.2. The summed E-state index contributed by atoms with van der Waals surface area (Å²) in [6, 6.07) is 3.97. The maximum Gasteiger partial charge on any atom is 0.337 e. The Bertz CT molecular complexity index is 508. The molecule has 21 heavy (non-hydrogen) atoms. The maximum atomic E-state index is 11.9. The maximum absolute atomic E-state index is 11.9. The van der Waals surface area contributed by atoms with Gasteiger partial charge in [0, 0.05) is 17.9 Å². The van der Waals surface area contributed by atoms with Crippen LogP contribution in [0.1, 0.15) is 24.2 Å². The third-order valence-corrected chi connectivity index (χ3v) is 3.80.